The first-order valence-electron chi connectivity index (χ1n) is 8.40. The molecule has 12 heteroatoms. The largest absolute Gasteiger partial charge is 0.351 e. The summed E-state index contributed by atoms with van der Waals surface area (Å²) in [4.78, 5) is 36.0. The summed E-state index contributed by atoms with van der Waals surface area (Å²) in [5.41, 5.74) is 0.324. The lowest BCUT2D eigenvalue weighted by atomic mass is 10.2. The first kappa shape index (κ1) is 22.8. The number of ether oxygens (including phenoxy) is 1. The molecule has 158 valence electrons. The van der Waals surface area contributed by atoms with Crippen LogP contribution >= 0.6 is 8.25 Å². The molecule has 0 saturated carbocycles. The number of hydrogen-bond donors (Lipinski definition) is 2. The number of amidine groups is 1. The van der Waals surface area contributed by atoms with Gasteiger partial charge >= 0.3 is 8.25 Å². The fraction of sp³-hybridized carbons (Fsp3) is 0.353. The zero-order valence-electron chi connectivity index (χ0n) is 15.3. The molecule has 1 fully saturated rings. The Bertz CT molecular complexity index is 806. The number of benzene rings is 1. The quantitative estimate of drug-likeness (QED) is 0.278. The summed E-state index contributed by atoms with van der Waals surface area (Å²) in [5.74, 6) is -3.94. The lowest BCUT2D eigenvalue weighted by Gasteiger charge is -2.26. The van der Waals surface area contributed by atoms with Crippen molar-refractivity contribution in [1.82, 2.24) is 10.2 Å². The third kappa shape index (κ3) is 6.82. The molecule has 0 aromatic heterocycles. The summed E-state index contributed by atoms with van der Waals surface area (Å²) in [5, 5.41) is 2.40. The maximum absolute atomic E-state index is 14.2. The maximum atomic E-state index is 14.2. The van der Waals surface area contributed by atoms with Gasteiger partial charge in [0, 0.05) is 25.2 Å². The summed E-state index contributed by atoms with van der Waals surface area (Å²) in [6.07, 6.45) is -0.875. The standard InChI is InChI=1S/C17H20F2N3O6P/c1-22(16-17(18,19)9-13(28-16)10-27-29(25)26)8-7-14(20-11-23)21-15(24)12-5-3-2-4-6-12/h2-8,11,13,16,29H,9-10H2,1H3,(H,25,26)(H,20,21,23,24)/b8-7-/t13-,16+/m0/s1. The molecular formula is C17H20F2N3O6P. The van der Waals surface area contributed by atoms with Crippen LogP contribution in [0.15, 0.2) is 47.6 Å². The normalized spacial score (nSPS) is 22.4. The molecule has 9 nitrogen and oxygen atoms in total. The van der Waals surface area contributed by atoms with E-state index in [-0.39, 0.29) is 12.2 Å². The number of carbonyl (C=O) groups excluding carboxylic acids is 2. The highest BCUT2D eigenvalue weighted by Crippen LogP contribution is 2.38. The molecule has 29 heavy (non-hydrogen) atoms. The van der Waals surface area contributed by atoms with Crippen LogP contribution in [0.5, 0.6) is 0 Å². The van der Waals surface area contributed by atoms with Crippen molar-refractivity contribution in [2.75, 3.05) is 13.7 Å². The van der Waals surface area contributed by atoms with E-state index in [2.05, 4.69) is 14.8 Å². The Kier molecular flexibility index (Phi) is 8.15. The number of nitrogens with zero attached hydrogens (tertiary/aromatic N) is 2. The third-order valence-electron chi connectivity index (χ3n) is 3.88. The number of rotatable bonds is 8. The summed E-state index contributed by atoms with van der Waals surface area (Å²) in [7, 11) is -1.94. The second-order valence-electron chi connectivity index (χ2n) is 6.07. The Morgan fingerprint density at radius 2 is 2.17 bits per heavy atom. The van der Waals surface area contributed by atoms with E-state index in [4.69, 9.17) is 9.63 Å². The Morgan fingerprint density at radius 1 is 1.48 bits per heavy atom. The fourth-order valence-corrected chi connectivity index (χ4v) is 2.94. The van der Waals surface area contributed by atoms with E-state index in [1.165, 1.54) is 19.3 Å². The van der Waals surface area contributed by atoms with Gasteiger partial charge in [-0.1, -0.05) is 18.2 Å². The number of amides is 2. The highest BCUT2D eigenvalue weighted by atomic mass is 31.1. The van der Waals surface area contributed by atoms with Gasteiger partial charge in [-0.05, 0) is 18.2 Å². The van der Waals surface area contributed by atoms with Gasteiger partial charge in [-0.3, -0.25) is 14.2 Å². The van der Waals surface area contributed by atoms with E-state index in [1.54, 1.807) is 30.3 Å². The molecule has 0 radical (unpaired) electrons. The van der Waals surface area contributed by atoms with E-state index in [9.17, 15) is 22.9 Å². The number of hydrogen-bond acceptors (Lipinski definition) is 6. The maximum Gasteiger partial charge on any atom is 0.316 e. The minimum atomic E-state index is -3.26. The van der Waals surface area contributed by atoms with Crippen molar-refractivity contribution in [2.24, 2.45) is 4.99 Å². The molecule has 1 heterocycles. The highest BCUT2D eigenvalue weighted by molar-refractivity contribution is 7.32. The van der Waals surface area contributed by atoms with Crippen LogP contribution in [0, 0.1) is 0 Å². The van der Waals surface area contributed by atoms with Gasteiger partial charge in [0.05, 0.1) is 12.7 Å². The molecule has 0 aliphatic carbocycles. The van der Waals surface area contributed by atoms with Gasteiger partial charge in [-0.2, -0.15) is 4.99 Å². The van der Waals surface area contributed by atoms with Crippen molar-refractivity contribution in [3.63, 3.8) is 0 Å². The van der Waals surface area contributed by atoms with Crippen LogP contribution in [0.4, 0.5) is 8.78 Å². The average Bonchev–Trinajstić information content (AvgIpc) is 2.99. The molecule has 1 aromatic carbocycles. The van der Waals surface area contributed by atoms with Crippen LogP contribution in [-0.2, 0) is 18.6 Å². The van der Waals surface area contributed by atoms with E-state index in [0.29, 0.717) is 5.56 Å². The average molecular weight is 431 g/mol. The SMILES string of the molecule is CN(/C=C\C(=N/C=O)NC(=O)c1ccccc1)[C@@H]1O[C@H](CO[PH](=O)O)CC1(F)F. The predicted octanol–water partition coefficient (Wildman–Crippen LogP) is 1.57. The van der Waals surface area contributed by atoms with Crippen molar-refractivity contribution in [3.8, 4) is 0 Å². The van der Waals surface area contributed by atoms with Crippen LogP contribution in [0.1, 0.15) is 16.8 Å². The molecule has 2 rings (SSSR count). The van der Waals surface area contributed by atoms with E-state index < -0.39 is 45.4 Å². The van der Waals surface area contributed by atoms with Gasteiger partial charge in [-0.25, -0.2) is 8.78 Å². The van der Waals surface area contributed by atoms with E-state index >= 15 is 0 Å². The summed E-state index contributed by atoms with van der Waals surface area (Å²) < 4.78 is 48.6. The number of alkyl halides is 2. The van der Waals surface area contributed by atoms with Gasteiger partial charge in [0.2, 0.25) is 6.41 Å². The molecule has 1 aliphatic heterocycles. The Labute approximate surface area is 166 Å². The molecule has 1 unspecified atom stereocenters. The van der Waals surface area contributed by atoms with Gasteiger partial charge in [0.25, 0.3) is 11.8 Å². The molecule has 1 aliphatic rings. The minimum absolute atomic E-state index is 0.152. The Balaban J connectivity index is 2.03. The van der Waals surface area contributed by atoms with Gasteiger partial charge in [0.1, 0.15) is 5.84 Å². The van der Waals surface area contributed by atoms with Crippen LogP contribution < -0.4 is 5.32 Å². The third-order valence-corrected chi connectivity index (χ3v) is 4.30. The molecule has 1 aromatic rings. The second-order valence-corrected chi connectivity index (χ2v) is 6.89. The van der Waals surface area contributed by atoms with Crippen LogP contribution in [0.25, 0.3) is 0 Å². The Morgan fingerprint density at radius 3 is 2.79 bits per heavy atom. The Hall–Kier alpha value is -2.46. The lowest BCUT2D eigenvalue weighted by molar-refractivity contribution is -0.132. The fourth-order valence-electron chi connectivity index (χ4n) is 2.61. The molecule has 0 bridgehead atoms. The first-order valence-corrected chi connectivity index (χ1v) is 9.66. The lowest BCUT2D eigenvalue weighted by Crippen LogP contribution is -2.40. The highest BCUT2D eigenvalue weighted by Gasteiger charge is 2.52. The number of carbonyl (C=O) groups is 2. The zero-order chi connectivity index (χ0) is 21.4. The molecular weight excluding hydrogens is 411 g/mol. The molecule has 1 saturated heterocycles. The monoisotopic (exact) mass is 431 g/mol. The van der Waals surface area contributed by atoms with Gasteiger partial charge < -0.3 is 24.4 Å². The molecule has 2 amide bonds. The van der Waals surface area contributed by atoms with Crippen molar-refractivity contribution in [2.45, 2.75) is 24.7 Å². The first-order chi connectivity index (χ1) is 13.7. The van der Waals surface area contributed by atoms with Crippen molar-refractivity contribution < 1.29 is 37.1 Å². The van der Waals surface area contributed by atoms with Crippen molar-refractivity contribution in [1.29, 1.82) is 0 Å². The number of aliphatic imine (C=N–C) groups is 1. The van der Waals surface area contributed by atoms with E-state index in [1.807, 2.05) is 0 Å². The molecule has 3 atom stereocenters. The smallest absolute Gasteiger partial charge is 0.316 e. The van der Waals surface area contributed by atoms with E-state index in [0.717, 1.165) is 4.90 Å². The summed E-state index contributed by atoms with van der Waals surface area (Å²) in [6, 6.07) is 8.15. The summed E-state index contributed by atoms with van der Waals surface area (Å²) in [6.45, 7) is -0.442. The van der Waals surface area contributed by atoms with Crippen molar-refractivity contribution >= 4 is 26.4 Å². The van der Waals surface area contributed by atoms with Crippen LogP contribution in [-0.4, -0.2) is 59.9 Å². The number of nitrogens with one attached hydrogen (secondary N) is 1. The van der Waals surface area contributed by atoms with Crippen LogP contribution in [0.2, 0.25) is 0 Å². The predicted molar refractivity (Wildman–Crippen MR) is 99.7 cm³/mol. The zero-order valence-corrected chi connectivity index (χ0v) is 16.3. The van der Waals surface area contributed by atoms with Gasteiger partial charge in [-0.15, -0.1) is 0 Å². The van der Waals surface area contributed by atoms with Gasteiger partial charge in [0.15, 0.2) is 6.23 Å². The minimum Gasteiger partial charge on any atom is -0.351 e. The van der Waals surface area contributed by atoms with Crippen LogP contribution in [0.3, 0.4) is 0 Å². The topological polar surface area (TPSA) is 118 Å². The van der Waals surface area contributed by atoms with Crippen molar-refractivity contribution in [3.05, 3.63) is 48.2 Å². The number of halogens is 2. The molecule has 0 spiro atoms. The summed E-state index contributed by atoms with van der Waals surface area (Å²) >= 11 is 0. The molecule has 2 N–H and O–H groups in total. The second kappa shape index (κ2) is 10.4.